The molecule has 1 aliphatic heterocycles. The van der Waals surface area contributed by atoms with E-state index in [2.05, 4.69) is 15.1 Å². The predicted octanol–water partition coefficient (Wildman–Crippen LogP) is 4.04. The summed E-state index contributed by atoms with van der Waals surface area (Å²) < 4.78 is 63.2. The number of hydrogen-bond donors (Lipinski definition) is 0. The number of piperidine rings is 1. The Balaban J connectivity index is 1.37. The van der Waals surface area contributed by atoms with Crippen LogP contribution in [0.25, 0.3) is 11.8 Å². The molecule has 2 aromatic heterocycles. The lowest BCUT2D eigenvalue weighted by Gasteiger charge is -2.45. The van der Waals surface area contributed by atoms with Gasteiger partial charge in [0.05, 0.1) is 22.5 Å². The number of sulfonamides is 1. The van der Waals surface area contributed by atoms with Crippen molar-refractivity contribution in [3.8, 4) is 11.7 Å². The number of fused-ring (bicyclic) bond motifs is 2. The zero-order chi connectivity index (χ0) is 26.3. The smallest absolute Gasteiger partial charge is 0.316 e. The van der Waals surface area contributed by atoms with Gasteiger partial charge >= 0.3 is 6.01 Å². The SMILES string of the molecule is O=S(=O)(c1ccc(F)cc1)N1CCC2=Cc3c(cnn3-c3ccc(F)cc3)CC2(COc2ncccn2)C1. The molecule has 2 aliphatic rings. The maximum Gasteiger partial charge on any atom is 0.316 e. The van der Waals surface area contributed by atoms with Crippen LogP contribution in [0.15, 0.2) is 83.7 Å². The van der Waals surface area contributed by atoms with Crippen molar-refractivity contribution < 1.29 is 21.9 Å². The van der Waals surface area contributed by atoms with Crippen molar-refractivity contribution in [3.05, 3.63) is 102 Å². The van der Waals surface area contributed by atoms with Crippen molar-refractivity contribution in [2.24, 2.45) is 5.41 Å². The van der Waals surface area contributed by atoms with Crippen molar-refractivity contribution in [2.45, 2.75) is 17.7 Å². The van der Waals surface area contributed by atoms with E-state index in [0.717, 1.165) is 34.7 Å². The zero-order valence-corrected chi connectivity index (χ0v) is 21.0. The van der Waals surface area contributed by atoms with E-state index in [-0.39, 0.29) is 36.4 Å². The summed E-state index contributed by atoms with van der Waals surface area (Å²) in [6.07, 6.45) is 7.88. The van der Waals surface area contributed by atoms with Crippen LogP contribution in [0.3, 0.4) is 0 Å². The Hall–Kier alpha value is -3.96. The molecule has 38 heavy (non-hydrogen) atoms. The van der Waals surface area contributed by atoms with E-state index in [1.54, 1.807) is 41.5 Å². The van der Waals surface area contributed by atoms with Gasteiger partial charge in [0.25, 0.3) is 0 Å². The number of rotatable bonds is 6. The van der Waals surface area contributed by atoms with E-state index in [1.165, 1.54) is 28.6 Å². The Labute approximate surface area is 218 Å². The van der Waals surface area contributed by atoms with Crippen molar-refractivity contribution in [3.63, 3.8) is 0 Å². The topological polar surface area (TPSA) is 90.2 Å². The summed E-state index contributed by atoms with van der Waals surface area (Å²) >= 11 is 0. The van der Waals surface area contributed by atoms with Crippen molar-refractivity contribution >= 4 is 16.1 Å². The second-order valence-corrected chi connectivity index (χ2v) is 11.4. The van der Waals surface area contributed by atoms with Gasteiger partial charge in [-0.15, -0.1) is 0 Å². The highest BCUT2D eigenvalue weighted by molar-refractivity contribution is 7.89. The van der Waals surface area contributed by atoms with E-state index in [0.29, 0.717) is 12.8 Å². The first-order valence-electron chi connectivity index (χ1n) is 12.0. The van der Waals surface area contributed by atoms with Crippen LogP contribution < -0.4 is 4.74 Å². The van der Waals surface area contributed by atoms with E-state index in [1.807, 2.05) is 6.08 Å². The number of nitrogens with zero attached hydrogens (tertiary/aromatic N) is 5. The minimum atomic E-state index is -3.87. The number of aromatic nitrogens is 4. The zero-order valence-electron chi connectivity index (χ0n) is 20.2. The van der Waals surface area contributed by atoms with E-state index < -0.39 is 21.3 Å². The Bertz CT molecular complexity index is 1610. The molecule has 0 saturated carbocycles. The van der Waals surface area contributed by atoms with Gasteiger partial charge in [-0.05, 0) is 79.1 Å². The summed E-state index contributed by atoms with van der Waals surface area (Å²) in [6.45, 7) is 0.571. The van der Waals surface area contributed by atoms with Crippen LogP contribution in [0.4, 0.5) is 8.78 Å². The van der Waals surface area contributed by atoms with Gasteiger partial charge in [0.2, 0.25) is 10.0 Å². The normalized spacial score (nSPS) is 19.4. The molecule has 1 unspecified atom stereocenters. The molecular weight excluding hydrogens is 512 g/mol. The van der Waals surface area contributed by atoms with Gasteiger partial charge in [0, 0.05) is 30.9 Å². The summed E-state index contributed by atoms with van der Waals surface area (Å²) in [5, 5.41) is 4.55. The van der Waals surface area contributed by atoms with Crippen molar-refractivity contribution in [1.82, 2.24) is 24.1 Å². The molecule has 1 aliphatic carbocycles. The first kappa shape index (κ1) is 24.4. The molecule has 1 saturated heterocycles. The highest BCUT2D eigenvalue weighted by Crippen LogP contribution is 2.45. The van der Waals surface area contributed by atoms with Crippen molar-refractivity contribution in [1.29, 1.82) is 0 Å². The summed E-state index contributed by atoms with van der Waals surface area (Å²) in [6, 6.07) is 12.8. The first-order chi connectivity index (χ1) is 18.3. The molecule has 11 heteroatoms. The Morgan fingerprint density at radius 2 is 1.66 bits per heavy atom. The fourth-order valence-electron chi connectivity index (χ4n) is 5.14. The quantitative estimate of drug-likeness (QED) is 0.370. The molecular formula is C27H23F2N5O3S. The van der Waals surface area contributed by atoms with E-state index in [4.69, 9.17) is 4.74 Å². The minimum absolute atomic E-state index is 0.0365. The van der Waals surface area contributed by atoms with Gasteiger partial charge in [0.15, 0.2) is 0 Å². The number of hydrogen-bond acceptors (Lipinski definition) is 6. The third-order valence-electron chi connectivity index (χ3n) is 7.06. The average Bonchev–Trinajstić information content (AvgIpc) is 3.33. The number of ether oxygens (including phenoxy) is 1. The van der Waals surface area contributed by atoms with Gasteiger partial charge in [-0.2, -0.15) is 9.40 Å². The average molecular weight is 536 g/mol. The lowest BCUT2D eigenvalue weighted by molar-refractivity contribution is 0.118. The van der Waals surface area contributed by atoms with Crippen LogP contribution in [-0.4, -0.2) is 52.2 Å². The fraction of sp³-hybridized carbons (Fsp3) is 0.222. The molecule has 6 rings (SSSR count). The first-order valence-corrected chi connectivity index (χ1v) is 13.5. The summed E-state index contributed by atoms with van der Waals surface area (Å²) in [5.41, 5.74) is 2.83. The molecule has 194 valence electrons. The summed E-state index contributed by atoms with van der Waals surface area (Å²) in [4.78, 5) is 8.33. The molecule has 1 fully saturated rings. The van der Waals surface area contributed by atoms with Gasteiger partial charge in [-0.3, -0.25) is 0 Å². The standard InChI is InChI=1S/C27H23F2N5O3S/c28-21-2-6-23(7-3-21)34-25-14-20-10-13-33(38(35,36)24-8-4-22(29)5-9-24)17-27(20,15-19(25)16-32-34)18-37-26-30-11-1-12-31-26/h1-9,11-12,14,16H,10,13,15,17-18H2. The lowest BCUT2D eigenvalue weighted by Crippen LogP contribution is -2.52. The molecule has 0 N–H and O–H groups in total. The monoisotopic (exact) mass is 535 g/mol. The third kappa shape index (κ3) is 4.37. The van der Waals surface area contributed by atoms with Gasteiger partial charge in [-0.1, -0.05) is 5.57 Å². The van der Waals surface area contributed by atoms with Crippen LogP contribution in [0, 0.1) is 17.0 Å². The minimum Gasteiger partial charge on any atom is -0.462 e. The molecule has 4 aromatic rings. The van der Waals surface area contributed by atoms with Crippen LogP contribution in [0.1, 0.15) is 17.7 Å². The Morgan fingerprint density at radius 3 is 2.37 bits per heavy atom. The van der Waals surface area contributed by atoms with Gasteiger partial charge < -0.3 is 4.74 Å². The predicted molar refractivity (Wildman–Crippen MR) is 135 cm³/mol. The molecule has 1 atom stereocenters. The second kappa shape index (κ2) is 9.41. The molecule has 2 aromatic carbocycles. The molecule has 8 nitrogen and oxygen atoms in total. The maximum atomic E-state index is 13.5. The fourth-order valence-corrected chi connectivity index (χ4v) is 6.66. The highest BCUT2D eigenvalue weighted by atomic mass is 32.2. The second-order valence-electron chi connectivity index (χ2n) is 9.43. The van der Waals surface area contributed by atoms with Crippen molar-refractivity contribution in [2.75, 3.05) is 19.7 Å². The highest BCUT2D eigenvalue weighted by Gasteiger charge is 2.47. The Kier molecular flexibility index (Phi) is 6.04. The lowest BCUT2D eigenvalue weighted by atomic mass is 9.69. The molecule has 0 amide bonds. The van der Waals surface area contributed by atoms with E-state index >= 15 is 0 Å². The molecule has 0 spiro atoms. The van der Waals surface area contributed by atoms with E-state index in [9.17, 15) is 17.2 Å². The molecule has 3 heterocycles. The third-order valence-corrected chi connectivity index (χ3v) is 8.92. The summed E-state index contributed by atoms with van der Waals surface area (Å²) in [7, 11) is -3.87. The molecule has 0 bridgehead atoms. The van der Waals surface area contributed by atoms with Crippen LogP contribution >= 0.6 is 0 Å². The maximum absolute atomic E-state index is 13.5. The summed E-state index contributed by atoms with van der Waals surface area (Å²) in [5.74, 6) is -0.833. The van der Waals surface area contributed by atoms with Gasteiger partial charge in [0.1, 0.15) is 18.2 Å². The Morgan fingerprint density at radius 1 is 0.974 bits per heavy atom. The largest absolute Gasteiger partial charge is 0.462 e. The number of benzene rings is 2. The van der Waals surface area contributed by atoms with Crippen LogP contribution in [-0.2, 0) is 16.4 Å². The van der Waals surface area contributed by atoms with Gasteiger partial charge in [-0.25, -0.2) is 31.8 Å². The number of halogens is 2. The van der Waals surface area contributed by atoms with Crippen LogP contribution in [0.2, 0.25) is 0 Å². The van der Waals surface area contributed by atoms with Crippen LogP contribution in [0.5, 0.6) is 6.01 Å². The molecule has 0 radical (unpaired) electrons.